The molecule has 0 saturated carbocycles. The number of furan rings is 1. The first kappa shape index (κ1) is 23.3. The molecule has 0 radical (unpaired) electrons. The molecule has 0 aliphatic heterocycles. The van der Waals surface area contributed by atoms with E-state index in [0.29, 0.717) is 0 Å². The highest BCUT2D eigenvalue weighted by Crippen LogP contribution is 2.44. The van der Waals surface area contributed by atoms with Crippen LogP contribution in [0.15, 0.2) is 144 Å². The largest absolute Gasteiger partial charge is 0.456 e. The first-order valence-corrected chi connectivity index (χ1v) is 14.5. The lowest BCUT2D eigenvalue weighted by Gasteiger charge is -2.20. The molecule has 0 spiro atoms. The van der Waals surface area contributed by atoms with Crippen molar-refractivity contribution in [3.05, 3.63) is 140 Å². The summed E-state index contributed by atoms with van der Waals surface area (Å²) >= 11 is 0. The Kier molecular flexibility index (Phi) is 5.69. The number of pyridine rings is 2. The third kappa shape index (κ3) is 4.06. The quantitative estimate of drug-likeness (QED) is 0.222. The van der Waals surface area contributed by atoms with Gasteiger partial charge in [-0.05, 0) is 60.7 Å². The van der Waals surface area contributed by atoms with Crippen LogP contribution in [0, 0.1) is 0 Å². The van der Waals surface area contributed by atoms with Gasteiger partial charge in [0.1, 0.15) is 11.2 Å². The monoisotopic (exact) mass is 522 g/mol. The van der Waals surface area contributed by atoms with Crippen molar-refractivity contribution >= 4 is 45.0 Å². The first-order chi connectivity index (χ1) is 19.2. The number of hydrogen-bond acceptors (Lipinski definition) is 4. The van der Waals surface area contributed by atoms with Crippen molar-refractivity contribution in [1.29, 1.82) is 0 Å². The molecule has 0 amide bonds. The first-order valence-electron chi connectivity index (χ1n) is 12.8. The molecule has 0 bridgehead atoms. The van der Waals surface area contributed by atoms with Gasteiger partial charge in [-0.3, -0.25) is 4.98 Å². The summed E-state index contributed by atoms with van der Waals surface area (Å²) in [7, 11) is -3.11. The van der Waals surface area contributed by atoms with Crippen LogP contribution < -0.4 is 15.9 Å². The maximum atomic E-state index is 14.9. The van der Waals surface area contributed by atoms with Crippen LogP contribution in [0.2, 0.25) is 0 Å². The lowest BCUT2D eigenvalue weighted by molar-refractivity contribution is 0.592. The van der Waals surface area contributed by atoms with Gasteiger partial charge < -0.3 is 8.98 Å². The van der Waals surface area contributed by atoms with E-state index < -0.39 is 7.14 Å². The molecule has 4 nitrogen and oxygen atoms in total. The van der Waals surface area contributed by atoms with Gasteiger partial charge in [0.2, 0.25) is 0 Å². The number of nitrogens with zero attached hydrogens (tertiary/aromatic N) is 2. The van der Waals surface area contributed by atoms with Crippen LogP contribution in [0.1, 0.15) is 0 Å². The lowest BCUT2D eigenvalue weighted by Crippen LogP contribution is -2.24. The van der Waals surface area contributed by atoms with Gasteiger partial charge in [-0.15, -0.1) is 0 Å². The Morgan fingerprint density at radius 2 is 1.13 bits per heavy atom. The molecule has 3 aromatic heterocycles. The summed E-state index contributed by atoms with van der Waals surface area (Å²) < 4.78 is 21.1. The van der Waals surface area contributed by atoms with E-state index in [1.165, 1.54) is 0 Å². The van der Waals surface area contributed by atoms with Crippen LogP contribution >= 0.6 is 7.14 Å². The molecule has 0 aliphatic carbocycles. The van der Waals surface area contributed by atoms with Crippen LogP contribution in [-0.4, -0.2) is 9.97 Å². The highest BCUT2D eigenvalue weighted by atomic mass is 31.2. The number of hydrogen-bond donors (Lipinski definition) is 0. The van der Waals surface area contributed by atoms with E-state index in [9.17, 15) is 4.57 Å². The molecule has 39 heavy (non-hydrogen) atoms. The zero-order chi connectivity index (χ0) is 26.2. The smallest absolute Gasteiger partial charge is 0.171 e. The minimum atomic E-state index is -3.11. The van der Waals surface area contributed by atoms with Gasteiger partial charge in [-0.1, -0.05) is 72.8 Å². The van der Waals surface area contributed by atoms with E-state index in [1.807, 2.05) is 127 Å². The number of benzene rings is 4. The van der Waals surface area contributed by atoms with Crippen LogP contribution in [-0.2, 0) is 4.57 Å². The second-order valence-electron chi connectivity index (χ2n) is 9.40. The standard InChI is InChI=1S/C34H23N2O2P/c37-39(25-10-3-1-4-11-25,26-12-5-2-6-13-26)27-18-20-34-29(23-27)28-22-24(17-19-33(28)38-34)30-15-9-16-32(36-30)31-14-7-8-21-35-31/h1-23H. The fourth-order valence-electron chi connectivity index (χ4n) is 5.10. The fraction of sp³-hybridized carbons (Fsp3) is 0. The minimum Gasteiger partial charge on any atom is -0.456 e. The molecular weight excluding hydrogens is 499 g/mol. The molecule has 0 atom stereocenters. The van der Waals surface area contributed by atoms with Crippen molar-refractivity contribution in [3.8, 4) is 22.6 Å². The van der Waals surface area contributed by atoms with Gasteiger partial charge >= 0.3 is 0 Å². The Balaban J connectivity index is 1.39. The van der Waals surface area contributed by atoms with E-state index in [2.05, 4.69) is 11.1 Å². The molecule has 0 unspecified atom stereocenters. The van der Waals surface area contributed by atoms with Crippen LogP contribution in [0.4, 0.5) is 0 Å². The van der Waals surface area contributed by atoms with E-state index >= 15 is 0 Å². The van der Waals surface area contributed by atoms with E-state index in [4.69, 9.17) is 9.40 Å². The van der Waals surface area contributed by atoms with Crippen molar-refractivity contribution in [2.75, 3.05) is 0 Å². The van der Waals surface area contributed by atoms with Crippen molar-refractivity contribution < 1.29 is 8.98 Å². The van der Waals surface area contributed by atoms with E-state index in [-0.39, 0.29) is 0 Å². The summed E-state index contributed by atoms with van der Waals surface area (Å²) in [5.74, 6) is 0. The maximum absolute atomic E-state index is 14.9. The highest BCUT2D eigenvalue weighted by molar-refractivity contribution is 7.85. The zero-order valence-corrected chi connectivity index (χ0v) is 21.8. The zero-order valence-electron chi connectivity index (χ0n) is 20.9. The summed E-state index contributed by atoms with van der Waals surface area (Å²) in [6, 6.07) is 43.2. The molecule has 3 heterocycles. The van der Waals surface area contributed by atoms with Gasteiger partial charge in [0, 0.05) is 38.4 Å². The lowest BCUT2D eigenvalue weighted by atomic mass is 10.1. The van der Waals surface area contributed by atoms with Crippen LogP contribution in [0.3, 0.4) is 0 Å². The summed E-state index contributed by atoms with van der Waals surface area (Å²) in [5, 5.41) is 4.27. The SMILES string of the molecule is O=P(c1ccccc1)(c1ccccc1)c1ccc2oc3ccc(-c4cccc(-c5ccccn5)n4)cc3c2c1. The molecule has 7 aromatic rings. The van der Waals surface area contributed by atoms with Gasteiger partial charge in [0.15, 0.2) is 7.14 Å². The third-order valence-electron chi connectivity index (χ3n) is 7.03. The molecule has 5 heteroatoms. The summed E-state index contributed by atoms with van der Waals surface area (Å²) in [6.45, 7) is 0. The summed E-state index contributed by atoms with van der Waals surface area (Å²) in [5.41, 5.74) is 5.01. The Morgan fingerprint density at radius 3 is 1.82 bits per heavy atom. The average Bonchev–Trinajstić information content (AvgIpc) is 3.39. The Bertz CT molecular complexity index is 1940. The van der Waals surface area contributed by atoms with Crippen LogP contribution in [0.5, 0.6) is 0 Å². The molecular formula is C34H23N2O2P. The second kappa shape index (κ2) is 9.50. The highest BCUT2D eigenvalue weighted by Gasteiger charge is 2.30. The van der Waals surface area contributed by atoms with Gasteiger partial charge in [0.25, 0.3) is 0 Å². The fourth-order valence-corrected chi connectivity index (χ4v) is 7.77. The summed E-state index contributed by atoms with van der Waals surface area (Å²) in [6.07, 6.45) is 1.77. The van der Waals surface area contributed by atoms with Crippen molar-refractivity contribution in [2.24, 2.45) is 0 Å². The number of fused-ring (bicyclic) bond motifs is 3. The molecule has 4 aromatic carbocycles. The second-order valence-corrected chi connectivity index (χ2v) is 12.2. The van der Waals surface area contributed by atoms with Crippen molar-refractivity contribution in [3.63, 3.8) is 0 Å². The molecule has 0 aliphatic rings. The van der Waals surface area contributed by atoms with E-state index in [0.717, 1.165) is 60.5 Å². The molecule has 0 N–H and O–H groups in total. The minimum absolute atomic E-state index is 0.758. The van der Waals surface area contributed by atoms with Crippen LogP contribution in [0.25, 0.3) is 44.6 Å². The Labute approximate surface area is 226 Å². The molecule has 7 rings (SSSR count). The molecule has 186 valence electrons. The molecule has 0 saturated heterocycles. The van der Waals surface area contributed by atoms with Crippen molar-refractivity contribution in [2.45, 2.75) is 0 Å². The summed E-state index contributed by atoms with van der Waals surface area (Å²) in [4.78, 5) is 9.33. The predicted molar refractivity (Wildman–Crippen MR) is 160 cm³/mol. The Morgan fingerprint density at radius 1 is 0.513 bits per heavy atom. The average molecular weight is 523 g/mol. The number of rotatable bonds is 5. The maximum Gasteiger partial charge on any atom is 0.171 e. The van der Waals surface area contributed by atoms with Gasteiger partial charge in [-0.2, -0.15) is 0 Å². The predicted octanol–water partition coefficient (Wildman–Crippen LogP) is 7.35. The van der Waals surface area contributed by atoms with Crippen molar-refractivity contribution in [1.82, 2.24) is 9.97 Å². The van der Waals surface area contributed by atoms with Gasteiger partial charge in [0.05, 0.1) is 17.1 Å². The number of aromatic nitrogens is 2. The van der Waals surface area contributed by atoms with Gasteiger partial charge in [-0.25, -0.2) is 4.98 Å². The third-order valence-corrected chi connectivity index (χ3v) is 10.1. The Hall–Kier alpha value is -4.79. The normalized spacial score (nSPS) is 11.7. The van der Waals surface area contributed by atoms with E-state index in [1.54, 1.807) is 6.20 Å². The topological polar surface area (TPSA) is 56.0 Å². The molecule has 0 fully saturated rings.